The third-order valence-electron chi connectivity index (χ3n) is 1.15. The van der Waals surface area contributed by atoms with Crippen LogP contribution in [0.3, 0.4) is 0 Å². The summed E-state index contributed by atoms with van der Waals surface area (Å²) in [4.78, 5) is 31.3. The van der Waals surface area contributed by atoms with Crippen molar-refractivity contribution in [3.8, 4) is 0 Å². The van der Waals surface area contributed by atoms with Crippen LogP contribution in [0.4, 0.5) is 0 Å². The number of halogens is 1. The molecule has 0 amide bonds. The van der Waals surface area contributed by atoms with E-state index in [1.165, 1.54) is 18.2 Å². The molecule has 0 aliphatic heterocycles. The fraction of sp³-hybridized carbons (Fsp3) is 0. The molecule has 60 valence electrons. The van der Waals surface area contributed by atoms with Crippen molar-refractivity contribution in [2.24, 2.45) is 0 Å². The van der Waals surface area contributed by atoms with Crippen molar-refractivity contribution in [1.29, 1.82) is 0 Å². The molecule has 0 heterocycles. The van der Waals surface area contributed by atoms with Crippen LogP contribution in [0.1, 0.15) is 0 Å². The van der Waals surface area contributed by atoms with E-state index in [-0.39, 0.29) is 48.1 Å². The topological polar surface area (TPSA) is 69.2 Å². The van der Waals surface area contributed by atoms with E-state index in [4.69, 9.17) is 11.6 Å². The molecule has 1 rings (SSSR count). The van der Waals surface area contributed by atoms with Gasteiger partial charge in [-0.25, -0.2) is 0 Å². The molecular formula is C6H4CaClO3P. The zero-order valence-electron chi connectivity index (χ0n) is 6.07. The minimum atomic E-state index is -4.69. The van der Waals surface area contributed by atoms with E-state index in [0.29, 0.717) is 0 Å². The Hall–Kier alpha value is 1.08. The van der Waals surface area contributed by atoms with Crippen LogP contribution in [-0.2, 0) is 0 Å². The third-order valence-corrected chi connectivity index (χ3v) is 2.59. The van der Waals surface area contributed by atoms with Crippen molar-refractivity contribution < 1.29 is 14.7 Å². The second kappa shape index (κ2) is 5.08. The standard InChI is InChI=1S/C6H6ClO3P.Ca/c7-5-3-1-2-4-6(5)11(8,9)10;/h1-4H,(H2,8,9,10);/q;+2/p-2. The van der Waals surface area contributed by atoms with Crippen LogP contribution in [0.25, 0.3) is 0 Å². The van der Waals surface area contributed by atoms with E-state index in [2.05, 4.69) is 0 Å². The average molecular weight is 231 g/mol. The van der Waals surface area contributed by atoms with E-state index in [9.17, 15) is 14.7 Å². The first kappa shape index (κ1) is 13.1. The van der Waals surface area contributed by atoms with Gasteiger partial charge in [0, 0.05) is 0 Å². The van der Waals surface area contributed by atoms with Crippen molar-refractivity contribution in [2.75, 3.05) is 0 Å². The van der Waals surface area contributed by atoms with Crippen LogP contribution in [0.2, 0.25) is 5.02 Å². The molecule has 0 radical (unpaired) electrons. The molecule has 0 saturated carbocycles. The number of rotatable bonds is 1. The van der Waals surface area contributed by atoms with Crippen molar-refractivity contribution in [1.82, 2.24) is 0 Å². The number of benzene rings is 1. The van der Waals surface area contributed by atoms with Crippen molar-refractivity contribution in [3.05, 3.63) is 29.3 Å². The Bertz CT molecular complexity index is 263. The summed E-state index contributed by atoms with van der Waals surface area (Å²) < 4.78 is 0. The van der Waals surface area contributed by atoms with Crippen LogP contribution in [-0.4, -0.2) is 37.7 Å². The molecule has 0 fully saturated rings. The maximum Gasteiger partial charge on any atom is 2.00 e. The molecule has 0 aliphatic rings. The molecular weight excluding hydrogens is 227 g/mol. The molecule has 1 aromatic carbocycles. The SMILES string of the molecule is [Ca+2].[O-][P+]([O-])([O-])c1ccccc1Cl. The van der Waals surface area contributed by atoms with Gasteiger partial charge in [-0.2, -0.15) is 0 Å². The minimum Gasteiger partial charge on any atom is -0.683 e. The zero-order chi connectivity index (χ0) is 8.48. The Balaban J connectivity index is 0.00000121. The number of hydrogen-bond acceptors (Lipinski definition) is 3. The van der Waals surface area contributed by atoms with E-state index in [1.54, 1.807) is 6.07 Å². The molecule has 12 heavy (non-hydrogen) atoms. The first-order chi connectivity index (χ1) is 5.02. The van der Waals surface area contributed by atoms with Crippen molar-refractivity contribution in [3.63, 3.8) is 0 Å². The molecule has 0 aliphatic carbocycles. The summed E-state index contributed by atoms with van der Waals surface area (Å²) in [7, 11) is -4.69. The van der Waals surface area contributed by atoms with E-state index in [0.717, 1.165) is 0 Å². The van der Waals surface area contributed by atoms with Gasteiger partial charge in [-0.3, -0.25) is 0 Å². The maximum atomic E-state index is 10.4. The van der Waals surface area contributed by atoms with Gasteiger partial charge in [0.2, 0.25) is 0 Å². The molecule has 0 aromatic heterocycles. The van der Waals surface area contributed by atoms with Gasteiger partial charge in [0.15, 0.2) is 0 Å². The summed E-state index contributed by atoms with van der Waals surface area (Å²) >= 11 is 5.44. The second-order valence-electron chi connectivity index (χ2n) is 1.95. The molecule has 0 saturated heterocycles. The molecule has 1 aromatic rings. The molecule has 0 bridgehead atoms. The average Bonchev–Trinajstić information content (AvgIpc) is 1.86. The van der Waals surface area contributed by atoms with Gasteiger partial charge >= 0.3 is 37.7 Å². The van der Waals surface area contributed by atoms with Gasteiger partial charge in [0.05, 0.1) is 10.3 Å². The Morgan fingerprint density at radius 2 is 1.58 bits per heavy atom. The van der Waals surface area contributed by atoms with Gasteiger partial charge in [-0.1, -0.05) is 23.7 Å². The Morgan fingerprint density at radius 3 is 1.92 bits per heavy atom. The van der Waals surface area contributed by atoms with E-state index in [1.807, 2.05) is 0 Å². The van der Waals surface area contributed by atoms with Crippen LogP contribution in [0, 0.1) is 0 Å². The Kier molecular flexibility index (Phi) is 5.54. The summed E-state index contributed by atoms with van der Waals surface area (Å²) in [5, 5.41) is -0.373. The minimum absolute atomic E-state index is 0. The smallest absolute Gasteiger partial charge is 0.683 e. The van der Waals surface area contributed by atoms with E-state index < -0.39 is 7.94 Å². The van der Waals surface area contributed by atoms with Crippen molar-refractivity contribution >= 4 is 62.6 Å². The molecule has 6 heteroatoms. The first-order valence-corrected chi connectivity index (χ1v) is 4.71. The predicted molar refractivity (Wildman–Crippen MR) is 43.8 cm³/mol. The quantitative estimate of drug-likeness (QED) is 0.432. The van der Waals surface area contributed by atoms with Gasteiger partial charge in [0.1, 0.15) is 0 Å². The normalized spacial score (nSPS) is 10.7. The number of hydrogen-bond donors (Lipinski definition) is 0. The summed E-state index contributed by atoms with van der Waals surface area (Å²) in [6.45, 7) is 0. The van der Waals surface area contributed by atoms with Gasteiger partial charge in [-0.05, 0) is 12.1 Å². The van der Waals surface area contributed by atoms with Crippen LogP contribution < -0.4 is 20.0 Å². The maximum absolute atomic E-state index is 10.4. The summed E-state index contributed by atoms with van der Waals surface area (Å²) in [6, 6.07) is 5.55. The van der Waals surface area contributed by atoms with Gasteiger partial charge in [0.25, 0.3) is 0 Å². The Labute approximate surface area is 106 Å². The van der Waals surface area contributed by atoms with E-state index >= 15 is 0 Å². The molecule has 3 nitrogen and oxygen atoms in total. The van der Waals surface area contributed by atoms with Gasteiger partial charge < -0.3 is 14.7 Å². The summed E-state index contributed by atoms with van der Waals surface area (Å²) in [5.41, 5.74) is 0. The summed E-state index contributed by atoms with van der Waals surface area (Å²) in [5.74, 6) is 0. The fourth-order valence-corrected chi connectivity index (χ4v) is 1.72. The zero-order valence-corrected chi connectivity index (χ0v) is 9.93. The fourth-order valence-electron chi connectivity index (χ4n) is 0.674. The largest absolute Gasteiger partial charge is 2.00 e. The third kappa shape index (κ3) is 3.44. The van der Waals surface area contributed by atoms with Crippen LogP contribution in [0.5, 0.6) is 0 Å². The second-order valence-corrected chi connectivity index (χ2v) is 3.83. The monoisotopic (exact) mass is 230 g/mol. The molecule has 0 N–H and O–H groups in total. The van der Waals surface area contributed by atoms with Crippen LogP contribution in [0.15, 0.2) is 24.3 Å². The first-order valence-electron chi connectivity index (χ1n) is 2.79. The molecule has 0 atom stereocenters. The predicted octanol–water partition coefficient (Wildman–Crippen LogP) is -1.57. The molecule has 0 spiro atoms. The van der Waals surface area contributed by atoms with Gasteiger partial charge in [-0.15, -0.1) is 7.94 Å². The van der Waals surface area contributed by atoms with Crippen molar-refractivity contribution in [2.45, 2.75) is 0 Å². The summed E-state index contributed by atoms with van der Waals surface area (Å²) in [6.07, 6.45) is 0. The molecule has 0 unspecified atom stereocenters. The Morgan fingerprint density at radius 1 is 1.08 bits per heavy atom. The van der Waals surface area contributed by atoms with Crippen LogP contribution >= 0.6 is 19.5 Å².